The van der Waals surface area contributed by atoms with E-state index < -0.39 is 5.97 Å². The summed E-state index contributed by atoms with van der Waals surface area (Å²) in [5.74, 6) is -1.08. The first-order valence-corrected chi connectivity index (χ1v) is 6.80. The summed E-state index contributed by atoms with van der Waals surface area (Å²) in [5.41, 5.74) is 0. The van der Waals surface area contributed by atoms with Gasteiger partial charge in [0.25, 0.3) is 0 Å². The summed E-state index contributed by atoms with van der Waals surface area (Å²) in [6.45, 7) is 4.21. The van der Waals surface area contributed by atoms with Crippen LogP contribution in [0.15, 0.2) is 0 Å². The number of urea groups is 1. The minimum Gasteiger partial charge on any atom is -0.481 e. The van der Waals surface area contributed by atoms with E-state index in [1.807, 2.05) is 0 Å². The topological polar surface area (TPSA) is 78.9 Å². The van der Waals surface area contributed by atoms with E-state index in [-0.39, 0.29) is 17.9 Å². The van der Waals surface area contributed by atoms with Gasteiger partial charge in [-0.05, 0) is 19.3 Å². The molecule has 1 heterocycles. The largest absolute Gasteiger partial charge is 0.481 e. The standard InChI is InChI=1S/C13H24N2O4/c1-10(12(16)17)11-8-15(9-11)13(18)14-6-4-3-5-7-19-2/h10-11H,3-9H2,1-2H3,(H,14,18)(H,16,17). The highest BCUT2D eigenvalue weighted by Crippen LogP contribution is 2.23. The number of rotatable bonds is 8. The lowest BCUT2D eigenvalue weighted by molar-refractivity contribution is -0.144. The molecule has 0 saturated carbocycles. The molecule has 1 fully saturated rings. The molecule has 0 spiro atoms. The van der Waals surface area contributed by atoms with Gasteiger partial charge in [-0.25, -0.2) is 4.79 Å². The Morgan fingerprint density at radius 3 is 2.63 bits per heavy atom. The van der Waals surface area contributed by atoms with Crippen LogP contribution in [0.2, 0.25) is 0 Å². The molecule has 1 atom stereocenters. The fourth-order valence-corrected chi connectivity index (χ4v) is 2.05. The lowest BCUT2D eigenvalue weighted by Crippen LogP contribution is -2.56. The zero-order valence-corrected chi connectivity index (χ0v) is 11.7. The number of nitrogens with zero attached hydrogens (tertiary/aromatic N) is 1. The molecule has 19 heavy (non-hydrogen) atoms. The molecule has 0 aromatic rings. The van der Waals surface area contributed by atoms with Gasteiger partial charge in [-0.1, -0.05) is 6.92 Å². The zero-order chi connectivity index (χ0) is 14.3. The fraction of sp³-hybridized carbons (Fsp3) is 0.846. The molecule has 1 aliphatic rings. The van der Waals surface area contributed by atoms with E-state index in [1.54, 1.807) is 18.9 Å². The van der Waals surface area contributed by atoms with Crippen LogP contribution in [0.3, 0.4) is 0 Å². The average molecular weight is 272 g/mol. The van der Waals surface area contributed by atoms with Crippen molar-refractivity contribution in [2.75, 3.05) is 33.4 Å². The Morgan fingerprint density at radius 1 is 1.37 bits per heavy atom. The minimum absolute atomic E-state index is 0.0828. The van der Waals surface area contributed by atoms with Gasteiger partial charge in [-0.2, -0.15) is 0 Å². The van der Waals surface area contributed by atoms with Gasteiger partial charge in [0.2, 0.25) is 0 Å². The maximum atomic E-state index is 11.7. The molecule has 0 radical (unpaired) electrons. The van der Waals surface area contributed by atoms with E-state index in [2.05, 4.69) is 5.32 Å². The van der Waals surface area contributed by atoms with Crippen molar-refractivity contribution in [3.05, 3.63) is 0 Å². The lowest BCUT2D eigenvalue weighted by Gasteiger charge is -2.41. The maximum Gasteiger partial charge on any atom is 0.317 e. The number of aliphatic carboxylic acids is 1. The molecule has 110 valence electrons. The molecule has 6 nitrogen and oxygen atoms in total. The first-order valence-electron chi connectivity index (χ1n) is 6.80. The number of amides is 2. The Balaban J connectivity index is 2.05. The van der Waals surface area contributed by atoms with Gasteiger partial charge in [0.1, 0.15) is 0 Å². The predicted octanol–water partition coefficient (Wildman–Crippen LogP) is 1.17. The van der Waals surface area contributed by atoms with Gasteiger partial charge in [-0.15, -0.1) is 0 Å². The number of carboxylic acid groups (broad SMARTS) is 1. The van der Waals surface area contributed by atoms with Crippen molar-refractivity contribution in [2.24, 2.45) is 11.8 Å². The summed E-state index contributed by atoms with van der Waals surface area (Å²) in [7, 11) is 1.68. The smallest absolute Gasteiger partial charge is 0.317 e. The van der Waals surface area contributed by atoms with Crippen molar-refractivity contribution in [1.82, 2.24) is 10.2 Å². The van der Waals surface area contributed by atoms with Crippen LogP contribution in [0.4, 0.5) is 4.79 Å². The molecule has 6 heteroatoms. The number of methoxy groups -OCH3 is 1. The molecule has 0 aliphatic carbocycles. The van der Waals surface area contributed by atoms with E-state index >= 15 is 0 Å². The summed E-state index contributed by atoms with van der Waals surface area (Å²) in [4.78, 5) is 24.1. The Kier molecular flexibility index (Phi) is 6.62. The number of carbonyl (C=O) groups excluding carboxylic acids is 1. The number of carboxylic acids is 1. The molecule has 0 bridgehead atoms. The van der Waals surface area contributed by atoms with Crippen LogP contribution < -0.4 is 5.32 Å². The van der Waals surface area contributed by atoms with Gasteiger partial charge in [-0.3, -0.25) is 4.79 Å². The lowest BCUT2D eigenvalue weighted by atomic mass is 9.87. The number of nitrogens with one attached hydrogen (secondary N) is 1. The van der Waals surface area contributed by atoms with Crippen molar-refractivity contribution in [2.45, 2.75) is 26.2 Å². The number of likely N-dealkylation sites (tertiary alicyclic amines) is 1. The molecule has 0 aromatic heterocycles. The van der Waals surface area contributed by atoms with Gasteiger partial charge in [0.15, 0.2) is 0 Å². The molecular formula is C13H24N2O4. The number of unbranched alkanes of at least 4 members (excludes halogenated alkanes) is 2. The fourth-order valence-electron chi connectivity index (χ4n) is 2.05. The van der Waals surface area contributed by atoms with Crippen molar-refractivity contribution in [3.8, 4) is 0 Å². The van der Waals surface area contributed by atoms with E-state index in [0.29, 0.717) is 19.6 Å². The first-order chi connectivity index (χ1) is 9.06. The molecule has 1 rings (SSSR count). The number of ether oxygens (including phenoxy) is 1. The average Bonchev–Trinajstić information content (AvgIpc) is 2.31. The second kappa shape index (κ2) is 7.99. The second-order valence-corrected chi connectivity index (χ2v) is 5.08. The molecule has 0 aromatic carbocycles. The monoisotopic (exact) mass is 272 g/mol. The summed E-state index contributed by atoms with van der Waals surface area (Å²) in [6, 6.07) is -0.0828. The second-order valence-electron chi connectivity index (χ2n) is 5.08. The van der Waals surface area contributed by atoms with Crippen LogP contribution in [0.25, 0.3) is 0 Å². The Labute approximate surface area is 114 Å². The zero-order valence-electron chi connectivity index (χ0n) is 11.7. The predicted molar refractivity (Wildman–Crippen MR) is 71.0 cm³/mol. The van der Waals surface area contributed by atoms with Crippen LogP contribution in [0.1, 0.15) is 26.2 Å². The van der Waals surface area contributed by atoms with Crippen molar-refractivity contribution in [1.29, 1.82) is 0 Å². The molecule has 1 aliphatic heterocycles. The third-order valence-corrected chi connectivity index (χ3v) is 3.60. The molecule has 1 unspecified atom stereocenters. The summed E-state index contributed by atoms with van der Waals surface area (Å²) >= 11 is 0. The van der Waals surface area contributed by atoms with E-state index in [0.717, 1.165) is 25.9 Å². The van der Waals surface area contributed by atoms with E-state index in [1.165, 1.54) is 0 Å². The highest BCUT2D eigenvalue weighted by atomic mass is 16.5. The van der Waals surface area contributed by atoms with Crippen molar-refractivity contribution >= 4 is 12.0 Å². The molecule has 2 amide bonds. The van der Waals surface area contributed by atoms with Gasteiger partial charge in [0.05, 0.1) is 5.92 Å². The first kappa shape index (κ1) is 15.8. The number of carbonyl (C=O) groups is 2. The summed E-state index contributed by atoms with van der Waals surface area (Å²) in [6.07, 6.45) is 2.99. The third kappa shape index (κ3) is 5.06. The molecule has 1 saturated heterocycles. The summed E-state index contributed by atoms with van der Waals surface area (Å²) < 4.78 is 4.94. The maximum absolute atomic E-state index is 11.7. The van der Waals surface area contributed by atoms with Crippen LogP contribution >= 0.6 is 0 Å². The Bertz CT molecular complexity index is 303. The van der Waals surface area contributed by atoms with Crippen LogP contribution in [0, 0.1) is 11.8 Å². The minimum atomic E-state index is -0.789. The van der Waals surface area contributed by atoms with Crippen molar-refractivity contribution < 1.29 is 19.4 Å². The number of hydrogen-bond acceptors (Lipinski definition) is 3. The highest BCUT2D eigenvalue weighted by molar-refractivity contribution is 5.76. The highest BCUT2D eigenvalue weighted by Gasteiger charge is 2.36. The number of hydrogen-bond donors (Lipinski definition) is 2. The van der Waals surface area contributed by atoms with Gasteiger partial charge < -0.3 is 20.1 Å². The van der Waals surface area contributed by atoms with Gasteiger partial charge >= 0.3 is 12.0 Å². The van der Waals surface area contributed by atoms with E-state index in [9.17, 15) is 9.59 Å². The van der Waals surface area contributed by atoms with Crippen LogP contribution in [0.5, 0.6) is 0 Å². The normalized spacial score (nSPS) is 16.8. The van der Waals surface area contributed by atoms with Gasteiger partial charge in [0, 0.05) is 39.3 Å². The van der Waals surface area contributed by atoms with Crippen molar-refractivity contribution in [3.63, 3.8) is 0 Å². The molecule has 2 N–H and O–H groups in total. The van der Waals surface area contributed by atoms with Crippen LogP contribution in [-0.4, -0.2) is 55.4 Å². The third-order valence-electron chi connectivity index (χ3n) is 3.60. The SMILES string of the molecule is COCCCCCNC(=O)N1CC(C(C)C(=O)O)C1. The van der Waals surface area contributed by atoms with Crippen LogP contribution in [-0.2, 0) is 9.53 Å². The summed E-state index contributed by atoms with van der Waals surface area (Å²) in [5, 5.41) is 11.7. The Hall–Kier alpha value is -1.30. The molecular weight excluding hydrogens is 248 g/mol. The Morgan fingerprint density at radius 2 is 2.05 bits per heavy atom. The van der Waals surface area contributed by atoms with E-state index in [4.69, 9.17) is 9.84 Å². The quantitative estimate of drug-likeness (QED) is 0.650.